The number of aromatic nitrogens is 2. The first-order valence-electron chi connectivity index (χ1n) is 7.01. The standard InChI is InChI=1S/C14H28N6O/c1-13(2,3)12-17-10(7-11(18-12)19-15)16-8-14(4,21)9-20(5)6/h7,21H,8-9,15H2,1-6H3,(H2,16,17,18,19). The van der Waals surface area contributed by atoms with E-state index in [4.69, 9.17) is 5.84 Å². The summed E-state index contributed by atoms with van der Waals surface area (Å²) in [6.45, 7) is 8.83. The highest BCUT2D eigenvalue weighted by atomic mass is 16.3. The molecule has 1 unspecified atom stereocenters. The summed E-state index contributed by atoms with van der Waals surface area (Å²) in [5.41, 5.74) is 1.51. The number of rotatable bonds is 6. The lowest BCUT2D eigenvalue weighted by Gasteiger charge is -2.27. The number of hydrogen-bond acceptors (Lipinski definition) is 7. The van der Waals surface area contributed by atoms with Crippen LogP contribution in [0.15, 0.2) is 6.07 Å². The van der Waals surface area contributed by atoms with Gasteiger partial charge < -0.3 is 20.7 Å². The van der Waals surface area contributed by atoms with Gasteiger partial charge in [0.05, 0.1) is 5.60 Å². The second-order valence-electron chi connectivity index (χ2n) is 6.94. The van der Waals surface area contributed by atoms with E-state index < -0.39 is 5.60 Å². The number of nitrogens with two attached hydrogens (primary N) is 1. The zero-order valence-electron chi connectivity index (χ0n) is 13.9. The Morgan fingerprint density at radius 1 is 1.19 bits per heavy atom. The quantitative estimate of drug-likeness (QED) is 0.455. The highest BCUT2D eigenvalue weighted by molar-refractivity contribution is 5.47. The molecule has 21 heavy (non-hydrogen) atoms. The molecule has 0 aliphatic rings. The van der Waals surface area contributed by atoms with Crippen molar-refractivity contribution in [2.24, 2.45) is 5.84 Å². The van der Waals surface area contributed by atoms with E-state index in [0.29, 0.717) is 30.5 Å². The highest BCUT2D eigenvalue weighted by Crippen LogP contribution is 2.22. The SMILES string of the molecule is CN(C)CC(C)(O)CNc1cc(NN)nc(C(C)(C)C)n1. The first-order chi connectivity index (χ1) is 9.53. The predicted octanol–water partition coefficient (Wildman–Crippen LogP) is 0.784. The molecule has 0 radical (unpaired) electrons. The second kappa shape index (κ2) is 6.55. The Morgan fingerprint density at radius 2 is 1.76 bits per heavy atom. The molecule has 0 amide bonds. The summed E-state index contributed by atoms with van der Waals surface area (Å²) in [5, 5.41) is 13.5. The van der Waals surface area contributed by atoms with Crippen molar-refractivity contribution in [2.45, 2.75) is 38.7 Å². The van der Waals surface area contributed by atoms with Gasteiger partial charge in [-0.3, -0.25) is 0 Å². The van der Waals surface area contributed by atoms with E-state index in [1.807, 2.05) is 39.8 Å². The number of likely N-dealkylation sites (N-methyl/N-ethyl adjacent to an activating group) is 1. The fraction of sp³-hybridized carbons (Fsp3) is 0.714. The van der Waals surface area contributed by atoms with E-state index >= 15 is 0 Å². The third-order valence-corrected chi connectivity index (χ3v) is 2.85. The van der Waals surface area contributed by atoms with Gasteiger partial charge in [0, 0.05) is 24.6 Å². The van der Waals surface area contributed by atoms with Crippen LogP contribution in [0.2, 0.25) is 0 Å². The maximum Gasteiger partial charge on any atom is 0.145 e. The van der Waals surface area contributed by atoms with Crippen LogP contribution in [0.25, 0.3) is 0 Å². The number of anilines is 2. The normalized spacial score (nSPS) is 14.9. The minimum Gasteiger partial charge on any atom is -0.387 e. The molecule has 0 spiro atoms. The highest BCUT2D eigenvalue weighted by Gasteiger charge is 2.23. The van der Waals surface area contributed by atoms with Gasteiger partial charge in [-0.15, -0.1) is 0 Å². The van der Waals surface area contributed by atoms with Crippen LogP contribution in [0.3, 0.4) is 0 Å². The Bertz CT molecular complexity index is 467. The molecule has 5 N–H and O–H groups in total. The molecule has 0 aromatic carbocycles. The van der Waals surface area contributed by atoms with E-state index in [0.717, 1.165) is 0 Å². The fourth-order valence-electron chi connectivity index (χ4n) is 1.97. The van der Waals surface area contributed by atoms with Crippen molar-refractivity contribution in [1.82, 2.24) is 14.9 Å². The molecular weight excluding hydrogens is 268 g/mol. The summed E-state index contributed by atoms with van der Waals surface area (Å²) in [7, 11) is 3.85. The summed E-state index contributed by atoms with van der Waals surface area (Å²) in [4.78, 5) is 10.8. The van der Waals surface area contributed by atoms with Crippen LogP contribution < -0.4 is 16.6 Å². The van der Waals surface area contributed by atoms with Gasteiger partial charge in [0.15, 0.2) is 0 Å². The lowest BCUT2D eigenvalue weighted by molar-refractivity contribution is 0.0459. The van der Waals surface area contributed by atoms with Gasteiger partial charge in [-0.1, -0.05) is 20.8 Å². The van der Waals surface area contributed by atoms with E-state index in [1.165, 1.54) is 0 Å². The van der Waals surface area contributed by atoms with E-state index in [-0.39, 0.29) is 5.41 Å². The molecule has 0 fully saturated rings. The lowest BCUT2D eigenvalue weighted by atomic mass is 9.96. The fourth-order valence-corrected chi connectivity index (χ4v) is 1.97. The van der Waals surface area contributed by atoms with Gasteiger partial charge in [0.2, 0.25) is 0 Å². The van der Waals surface area contributed by atoms with Crippen LogP contribution in [0, 0.1) is 0 Å². The third kappa shape index (κ3) is 5.82. The van der Waals surface area contributed by atoms with Gasteiger partial charge >= 0.3 is 0 Å². The number of nitrogens with one attached hydrogen (secondary N) is 2. The molecule has 7 heteroatoms. The Kier molecular flexibility index (Phi) is 5.49. The van der Waals surface area contributed by atoms with Crippen LogP contribution in [-0.2, 0) is 5.41 Å². The average Bonchev–Trinajstić information content (AvgIpc) is 2.33. The average molecular weight is 296 g/mol. The minimum absolute atomic E-state index is 0.185. The van der Waals surface area contributed by atoms with Gasteiger partial charge in [-0.05, 0) is 21.0 Å². The molecule has 0 aliphatic carbocycles. The molecular formula is C14H28N6O. The maximum atomic E-state index is 10.3. The number of hydrazine groups is 1. The summed E-state index contributed by atoms with van der Waals surface area (Å²) in [6, 6.07) is 1.72. The molecule has 7 nitrogen and oxygen atoms in total. The molecule has 1 atom stereocenters. The summed E-state index contributed by atoms with van der Waals surface area (Å²) >= 11 is 0. The van der Waals surface area contributed by atoms with Crippen molar-refractivity contribution >= 4 is 11.6 Å². The molecule has 0 aliphatic heterocycles. The van der Waals surface area contributed by atoms with Gasteiger partial charge in [-0.2, -0.15) is 0 Å². The number of aliphatic hydroxyl groups is 1. The largest absolute Gasteiger partial charge is 0.387 e. The van der Waals surface area contributed by atoms with E-state index in [1.54, 1.807) is 13.0 Å². The number of nitrogens with zero attached hydrogens (tertiary/aromatic N) is 3. The summed E-state index contributed by atoms with van der Waals surface area (Å²) in [6.07, 6.45) is 0. The minimum atomic E-state index is -0.855. The van der Waals surface area contributed by atoms with Crippen molar-refractivity contribution < 1.29 is 5.11 Å². The summed E-state index contributed by atoms with van der Waals surface area (Å²) < 4.78 is 0. The van der Waals surface area contributed by atoms with Crippen LogP contribution in [0.4, 0.5) is 11.6 Å². The Labute approximate surface area is 126 Å². The molecule has 0 bridgehead atoms. The lowest BCUT2D eigenvalue weighted by Crippen LogP contribution is -2.43. The van der Waals surface area contributed by atoms with Crippen LogP contribution in [0.1, 0.15) is 33.5 Å². The molecule has 1 aromatic heterocycles. The van der Waals surface area contributed by atoms with Gasteiger partial charge in [0.25, 0.3) is 0 Å². The summed E-state index contributed by atoms with van der Waals surface area (Å²) in [5.74, 6) is 7.33. The molecule has 0 saturated carbocycles. The smallest absolute Gasteiger partial charge is 0.145 e. The second-order valence-corrected chi connectivity index (χ2v) is 6.94. The predicted molar refractivity (Wildman–Crippen MR) is 86.2 cm³/mol. The van der Waals surface area contributed by atoms with Crippen LogP contribution in [-0.4, -0.2) is 52.8 Å². The topological polar surface area (TPSA) is 99.3 Å². The molecule has 1 rings (SSSR count). The molecule has 0 saturated heterocycles. The van der Waals surface area contributed by atoms with Crippen LogP contribution >= 0.6 is 0 Å². The van der Waals surface area contributed by atoms with E-state index in [9.17, 15) is 5.11 Å². The third-order valence-electron chi connectivity index (χ3n) is 2.85. The first kappa shape index (κ1) is 17.6. The maximum absolute atomic E-state index is 10.3. The number of hydrogen-bond donors (Lipinski definition) is 4. The molecule has 1 aromatic rings. The van der Waals surface area contributed by atoms with Crippen LogP contribution in [0.5, 0.6) is 0 Å². The first-order valence-corrected chi connectivity index (χ1v) is 7.01. The number of nitrogen functional groups attached to an aromatic ring is 1. The van der Waals surface area contributed by atoms with Crippen molar-refractivity contribution in [3.63, 3.8) is 0 Å². The van der Waals surface area contributed by atoms with Crippen molar-refractivity contribution in [3.8, 4) is 0 Å². The Balaban J connectivity index is 2.88. The van der Waals surface area contributed by atoms with E-state index in [2.05, 4.69) is 20.7 Å². The zero-order chi connectivity index (χ0) is 16.3. The Hall–Kier alpha value is -1.44. The Morgan fingerprint density at radius 3 is 2.24 bits per heavy atom. The van der Waals surface area contributed by atoms with Crippen molar-refractivity contribution in [3.05, 3.63) is 11.9 Å². The van der Waals surface area contributed by atoms with Gasteiger partial charge in [-0.25, -0.2) is 15.8 Å². The van der Waals surface area contributed by atoms with Crippen molar-refractivity contribution in [1.29, 1.82) is 0 Å². The van der Waals surface area contributed by atoms with Gasteiger partial charge in [0.1, 0.15) is 17.5 Å². The van der Waals surface area contributed by atoms with Crippen molar-refractivity contribution in [2.75, 3.05) is 37.9 Å². The molecule has 1 heterocycles. The monoisotopic (exact) mass is 296 g/mol. The molecule has 120 valence electrons. The zero-order valence-corrected chi connectivity index (χ0v) is 13.9.